The Morgan fingerprint density at radius 1 is 0.218 bits per heavy atom. The third-order valence-corrected chi connectivity index (χ3v) is 42.0. The SMILES string of the molecule is C[Si](O[Si](C)(C)C)O[Si](C)(C)O[Si](C)(C)C.C[Si](O[Si](C)(C)C)O[Si](C)(C)O[Si](C)(C)C.C[Si](O[Si](C)(C)O[Si](C)(C)C)O[Si](C)(C)O[Si](C)(C)C.[Rf].[Rf].[Rf]. The zero-order valence-electron chi connectivity index (χ0n) is 41.7. The maximum Gasteiger partial charge on any atom is 0.362 e. The molecular weight excluding hydrogens is 1670 g/mol. The summed E-state index contributed by atoms with van der Waals surface area (Å²) in [4.78, 5) is 0. The molecule has 26 heteroatoms. The average Bonchev–Trinajstić information content (AvgIpc) is 2.60. The summed E-state index contributed by atoms with van der Waals surface area (Å²) < 4.78 is 61.0. The molecule has 0 amide bonds. The molecule has 0 fully saturated rings. The van der Waals surface area contributed by atoms with E-state index in [-0.39, 0.29) is 0 Å². The minimum atomic E-state index is -2.10. The van der Waals surface area contributed by atoms with Gasteiger partial charge >= 0.3 is 62.1 Å². The Labute approximate surface area is 340 Å². The third kappa shape index (κ3) is 49.5. The molecule has 0 aromatic carbocycles. The summed E-state index contributed by atoms with van der Waals surface area (Å²) in [6.07, 6.45) is 0. The minimum Gasteiger partial charge on any atom is -0.437 e. The van der Waals surface area contributed by atoms with E-state index in [1.54, 1.807) is 0 Å². The molecule has 0 aromatic rings. The molecule has 3 radical (unpaired) electrons. The van der Waals surface area contributed by atoms with E-state index in [9.17, 15) is 0 Å². The van der Waals surface area contributed by atoms with Gasteiger partial charge < -0.3 is 41.2 Å². The van der Waals surface area contributed by atoms with Gasteiger partial charge in [0, 0.05) is 0 Å². The van der Waals surface area contributed by atoms with Gasteiger partial charge in [-0.05, 0) is 190 Å². The van der Waals surface area contributed by atoms with E-state index in [2.05, 4.69) is 190 Å². The van der Waals surface area contributed by atoms with Gasteiger partial charge in [0.1, 0.15) is 0 Å². The van der Waals surface area contributed by atoms with Crippen LogP contribution in [0, 0.1) is 0 Å². The van der Waals surface area contributed by atoms with E-state index in [1.165, 1.54) is 0 Å². The molecule has 0 saturated carbocycles. The number of hydrogen-bond acceptors (Lipinski definition) is 10. The van der Waals surface area contributed by atoms with Crippen molar-refractivity contribution >= 4 is 112 Å². The average molecular weight is 1760 g/mol. The van der Waals surface area contributed by atoms with E-state index in [0.717, 1.165) is 0 Å². The molecule has 0 bridgehead atoms. The molecule has 0 unspecified atom stereocenters. The van der Waals surface area contributed by atoms with E-state index in [0.29, 0.717) is 0 Å². The molecule has 321 valence electrons. The molecule has 0 heterocycles. The smallest absolute Gasteiger partial charge is 0.362 e. The van der Waals surface area contributed by atoms with Crippen LogP contribution < -0.4 is 0 Å². The van der Waals surface area contributed by atoms with Crippen LogP contribution >= 0.6 is 0 Å². The molecule has 0 rings (SSSR count). The van der Waals surface area contributed by atoms with Gasteiger partial charge in [-0.15, -0.1) is 0 Å². The number of rotatable bonds is 20. The van der Waals surface area contributed by atoms with Crippen LogP contribution in [0.5, 0.6) is 0 Å². The van der Waals surface area contributed by atoms with Gasteiger partial charge in [0.25, 0.3) is 0 Å². The molecule has 10 nitrogen and oxygen atoms in total. The van der Waals surface area contributed by atoms with Crippen LogP contribution in [-0.2, 0) is 41.2 Å². The van der Waals surface area contributed by atoms with Crippen molar-refractivity contribution in [2.45, 2.75) is 190 Å². The summed E-state index contributed by atoms with van der Waals surface area (Å²) >= 11 is 0. The Balaban J connectivity index is -0.000000161. The van der Waals surface area contributed by atoms with Crippen LogP contribution in [0.3, 0.4) is 0 Å². The largest absolute Gasteiger partial charge is 0.437 e. The minimum absolute atomic E-state index is 0. The van der Waals surface area contributed by atoms with Crippen LogP contribution in [0.1, 0.15) is 0 Å². The van der Waals surface area contributed by atoms with Crippen molar-refractivity contribution in [3.05, 3.63) is 0 Å². The Hall–Kier alpha value is -0.581. The summed E-state index contributed by atoms with van der Waals surface area (Å²) in [5.41, 5.74) is 0. The second-order valence-electron chi connectivity index (χ2n) is 20.8. The molecule has 0 aromatic heterocycles. The summed E-state index contributed by atoms with van der Waals surface area (Å²) in [7, 11) is -21.0. The Morgan fingerprint density at radius 3 is 0.455 bits per heavy atom. The van der Waals surface area contributed by atoms with Crippen LogP contribution in [0.2, 0.25) is 190 Å². The van der Waals surface area contributed by atoms with Gasteiger partial charge in [-0.1, -0.05) is 0 Å². The molecule has 0 N–H and O–H groups in total. The van der Waals surface area contributed by atoms with E-state index < -0.39 is 112 Å². The van der Waals surface area contributed by atoms with Crippen LogP contribution in [0.25, 0.3) is 0 Å². The van der Waals surface area contributed by atoms with Crippen molar-refractivity contribution in [3.8, 4) is 0 Å². The fourth-order valence-electron chi connectivity index (χ4n) is 5.34. The zero-order chi connectivity index (χ0) is 42.8. The van der Waals surface area contributed by atoms with Crippen molar-refractivity contribution < 1.29 is 41.2 Å². The van der Waals surface area contributed by atoms with E-state index in [4.69, 9.17) is 41.2 Å². The zero-order valence-corrected chi connectivity index (χ0v) is 73.9. The summed E-state index contributed by atoms with van der Waals surface area (Å²) in [5, 5.41) is 0. The monoisotopic (exact) mass is 1760 g/mol. The first-order valence-corrected chi connectivity index (χ1v) is 55.7. The normalized spacial score (nSPS) is 14.0. The molecule has 55 heavy (non-hydrogen) atoms. The van der Waals surface area contributed by atoms with Gasteiger partial charge in [-0.25, -0.2) is 0 Å². The third-order valence-electron chi connectivity index (χ3n) is 4.67. The molecule has 0 atom stereocenters. The molecule has 0 aliphatic rings. The maximum atomic E-state index is 6.20. The topological polar surface area (TPSA) is 92.3 Å². The van der Waals surface area contributed by atoms with Gasteiger partial charge in [-0.3, -0.25) is 0 Å². The van der Waals surface area contributed by atoms with Gasteiger partial charge in [0.15, 0.2) is 49.9 Å². The van der Waals surface area contributed by atoms with Crippen molar-refractivity contribution in [1.29, 1.82) is 0 Å². The number of hydrogen-bond donors (Lipinski definition) is 0. The van der Waals surface area contributed by atoms with E-state index >= 15 is 0 Å². The fraction of sp³-hybridized carbons (Fsp3) is 1.00. The van der Waals surface area contributed by atoms with Crippen LogP contribution in [0.4, 0.5) is 0 Å². The Bertz CT molecular complexity index is 936. The van der Waals surface area contributed by atoms with Crippen molar-refractivity contribution in [3.63, 3.8) is 0 Å². The van der Waals surface area contributed by atoms with Crippen molar-refractivity contribution in [1.82, 2.24) is 0 Å². The first-order chi connectivity index (χ1) is 22.1. The molecular formula is C29H87O10Rf3Si13. The second-order valence-corrected chi connectivity index (χ2v) is 68.4. The maximum absolute atomic E-state index is 6.20. The fourth-order valence-corrected chi connectivity index (χ4v) is 50.7. The predicted octanol–water partition coefficient (Wildman–Crippen LogP) is 11.3. The predicted molar refractivity (Wildman–Crippen MR) is 256 cm³/mol. The Kier molecular flexibility index (Phi) is 28.7. The first-order valence-electron chi connectivity index (χ1n) is 18.6. The molecule has 0 aliphatic heterocycles. The van der Waals surface area contributed by atoms with Crippen LogP contribution in [0.15, 0.2) is 0 Å². The first kappa shape index (κ1) is 66.2. The van der Waals surface area contributed by atoms with Gasteiger partial charge in [-0.2, -0.15) is 0 Å². The molecule has 0 spiro atoms. The quantitative estimate of drug-likeness (QED) is 0.110. The van der Waals surface area contributed by atoms with Gasteiger partial charge in [0.05, 0.1) is 0 Å². The molecule has 0 aliphatic carbocycles. The molecule has 0 saturated heterocycles. The second kappa shape index (κ2) is 23.9. The van der Waals surface area contributed by atoms with Crippen LogP contribution in [-0.4, -0.2) is 112 Å². The standard InChI is InChI=1S/C11H33O4Si5.2C9H27O3Si4.3Rf/c1-16(12-19(8,9)14-17(2,3)4)13-20(10,11)15-18(5,6)7;2*1-13(10-14(2,3)4)11-16(8,9)12-15(5,6)7;;;/h1-11H3;2*1-9H3;;;. The van der Waals surface area contributed by atoms with E-state index in [1.807, 2.05) is 0 Å². The summed E-state index contributed by atoms with van der Waals surface area (Å²) in [6.45, 7) is 62.6. The summed E-state index contributed by atoms with van der Waals surface area (Å²) in [5.74, 6) is 0. The summed E-state index contributed by atoms with van der Waals surface area (Å²) in [6, 6.07) is 0. The Morgan fingerprint density at radius 2 is 0.345 bits per heavy atom. The van der Waals surface area contributed by atoms with Crippen molar-refractivity contribution in [2.75, 3.05) is 0 Å². The van der Waals surface area contributed by atoms with Gasteiger partial charge in [0.2, 0.25) is 0 Å². The van der Waals surface area contributed by atoms with Crippen molar-refractivity contribution in [2.24, 2.45) is 0 Å².